The molecule has 0 atom stereocenters. The molecule has 0 aliphatic carbocycles. The number of aryl methyl sites for hydroxylation is 2. The van der Waals surface area contributed by atoms with E-state index in [1.807, 2.05) is 0 Å². The van der Waals surface area contributed by atoms with Crippen molar-refractivity contribution in [2.24, 2.45) is 7.05 Å². The zero-order chi connectivity index (χ0) is 15.6. The molecule has 5 aromatic rings. The van der Waals surface area contributed by atoms with Crippen LogP contribution in [0.3, 0.4) is 0 Å². The summed E-state index contributed by atoms with van der Waals surface area (Å²) in [4.78, 5) is 0. The second-order valence-electron chi connectivity index (χ2n) is 6.43. The van der Waals surface area contributed by atoms with E-state index in [1.54, 1.807) is 0 Å². The van der Waals surface area contributed by atoms with Gasteiger partial charge in [0.05, 0.1) is 5.52 Å². The van der Waals surface area contributed by atoms with Crippen molar-refractivity contribution in [3.05, 3.63) is 72.4 Å². The molecule has 0 aliphatic rings. The molecule has 23 heavy (non-hydrogen) atoms. The molecule has 0 aliphatic heterocycles. The standard InChI is InChI=1S/C22H17N/c1-14-11-18-8-9-19-20(22(18)23(14)2)10-7-17-12-15-5-3-4-6-16(15)13-21(17)19/h3-13H,1-2H3. The van der Waals surface area contributed by atoms with Crippen molar-refractivity contribution < 1.29 is 0 Å². The quantitative estimate of drug-likeness (QED) is 0.246. The van der Waals surface area contributed by atoms with Gasteiger partial charge in [-0.2, -0.15) is 0 Å². The van der Waals surface area contributed by atoms with E-state index in [2.05, 4.69) is 85.3 Å². The Bertz CT molecular complexity index is 1220. The fourth-order valence-electron chi connectivity index (χ4n) is 3.82. The van der Waals surface area contributed by atoms with E-state index in [0.717, 1.165) is 0 Å². The Morgan fingerprint density at radius 1 is 0.609 bits per heavy atom. The molecule has 0 N–H and O–H groups in total. The summed E-state index contributed by atoms with van der Waals surface area (Å²) in [5.74, 6) is 0. The zero-order valence-electron chi connectivity index (χ0n) is 13.3. The van der Waals surface area contributed by atoms with Crippen LogP contribution < -0.4 is 0 Å². The van der Waals surface area contributed by atoms with Crippen LogP contribution >= 0.6 is 0 Å². The summed E-state index contributed by atoms with van der Waals surface area (Å²) in [5.41, 5.74) is 2.63. The monoisotopic (exact) mass is 295 g/mol. The predicted octanol–water partition coefficient (Wildman–Crippen LogP) is 5.95. The Hall–Kier alpha value is -2.80. The van der Waals surface area contributed by atoms with Crippen molar-refractivity contribution in [3.63, 3.8) is 0 Å². The lowest BCUT2D eigenvalue weighted by Gasteiger charge is -2.09. The normalized spacial score (nSPS) is 11.9. The maximum atomic E-state index is 2.33. The summed E-state index contributed by atoms with van der Waals surface area (Å²) in [6, 6.07) is 24.5. The van der Waals surface area contributed by atoms with Crippen LogP contribution in [0.2, 0.25) is 0 Å². The summed E-state index contributed by atoms with van der Waals surface area (Å²) >= 11 is 0. The molecule has 1 nitrogen and oxygen atoms in total. The first-order valence-corrected chi connectivity index (χ1v) is 8.03. The van der Waals surface area contributed by atoms with E-state index in [9.17, 15) is 0 Å². The highest BCUT2D eigenvalue weighted by Gasteiger charge is 2.09. The van der Waals surface area contributed by atoms with Crippen LogP contribution in [0, 0.1) is 6.92 Å². The van der Waals surface area contributed by atoms with Gasteiger partial charge in [-0.05, 0) is 52.1 Å². The maximum absolute atomic E-state index is 2.33. The largest absolute Gasteiger partial charge is 0.347 e. The van der Waals surface area contributed by atoms with Crippen molar-refractivity contribution in [2.45, 2.75) is 6.92 Å². The van der Waals surface area contributed by atoms with Crippen molar-refractivity contribution in [2.75, 3.05) is 0 Å². The van der Waals surface area contributed by atoms with Gasteiger partial charge >= 0.3 is 0 Å². The molecule has 0 radical (unpaired) electrons. The number of hydrogen-bond acceptors (Lipinski definition) is 0. The van der Waals surface area contributed by atoms with Crippen molar-refractivity contribution >= 4 is 43.2 Å². The number of fused-ring (bicyclic) bond motifs is 6. The average molecular weight is 295 g/mol. The Morgan fingerprint density at radius 3 is 2.13 bits per heavy atom. The van der Waals surface area contributed by atoms with E-state index in [1.165, 1.54) is 48.9 Å². The maximum Gasteiger partial charge on any atom is 0.0559 e. The minimum Gasteiger partial charge on any atom is -0.347 e. The lowest BCUT2D eigenvalue weighted by Crippen LogP contribution is -1.90. The van der Waals surface area contributed by atoms with Crippen molar-refractivity contribution in [3.8, 4) is 0 Å². The van der Waals surface area contributed by atoms with E-state index >= 15 is 0 Å². The summed E-state index contributed by atoms with van der Waals surface area (Å²) in [5, 5.41) is 9.23. The summed E-state index contributed by atoms with van der Waals surface area (Å²) in [6.45, 7) is 2.17. The molecular formula is C22H17N. The van der Waals surface area contributed by atoms with E-state index in [0.29, 0.717) is 0 Å². The molecule has 4 aromatic carbocycles. The molecule has 0 saturated carbocycles. The lowest BCUT2D eigenvalue weighted by atomic mass is 9.97. The van der Waals surface area contributed by atoms with E-state index in [-0.39, 0.29) is 0 Å². The molecular weight excluding hydrogens is 278 g/mol. The lowest BCUT2D eigenvalue weighted by molar-refractivity contribution is 0.921. The zero-order valence-corrected chi connectivity index (χ0v) is 13.3. The average Bonchev–Trinajstić information content (AvgIpc) is 2.87. The number of aromatic nitrogens is 1. The van der Waals surface area contributed by atoms with Crippen LogP contribution in [0.25, 0.3) is 43.2 Å². The second kappa shape index (κ2) is 4.36. The minimum absolute atomic E-state index is 1.30. The highest BCUT2D eigenvalue weighted by molar-refractivity contribution is 6.18. The molecule has 1 aromatic heterocycles. The Labute approximate surface area is 134 Å². The van der Waals surface area contributed by atoms with Gasteiger partial charge in [0.25, 0.3) is 0 Å². The predicted molar refractivity (Wildman–Crippen MR) is 100 cm³/mol. The number of nitrogens with zero attached hydrogens (tertiary/aromatic N) is 1. The van der Waals surface area contributed by atoms with Crippen LogP contribution in [0.5, 0.6) is 0 Å². The molecule has 0 spiro atoms. The fraction of sp³-hybridized carbons (Fsp3) is 0.0909. The van der Waals surface area contributed by atoms with Gasteiger partial charge in [0.1, 0.15) is 0 Å². The molecule has 1 heterocycles. The third-order valence-corrected chi connectivity index (χ3v) is 5.11. The Balaban J connectivity index is 2.02. The second-order valence-corrected chi connectivity index (χ2v) is 6.43. The van der Waals surface area contributed by atoms with Crippen LogP contribution in [-0.2, 0) is 7.05 Å². The first kappa shape index (κ1) is 12.7. The molecule has 0 bridgehead atoms. The van der Waals surface area contributed by atoms with Crippen molar-refractivity contribution in [1.82, 2.24) is 4.57 Å². The SMILES string of the molecule is Cc1cc2ccc3c4cc5ccccc5cc4ccc3c2n1C. The fourth-order valence-corrected chi connectivity index (χ4v) is 3.82. The molecule has 5 rings (SSSR count). The third kappa shape index (κ3) is 1.68. The van der Waals surface area contributed by atoms with E-state index < -0.39 is 0 Å². The third-order valence-electron chi connectivity index (χ3n) is 5.11. The van der Waals surface area contributed by atoms with Gasteiger partial charge in [-0.1, -0.05) is 48.5 Å². The number of benzene rings is 4. The number of rotatable bonds is 0. The van der Waals surface area contributed by atoms with Crippen LogP contribution in [0.4, 0.5) is 0 Å². The molecule has 1 heteroatoms. The molecule has 0 fully saturated rings. The van der Waals surface area contributed by atoms with E-state index in [4.69, 9.17) is 0 Å². The molecule has 0 saturated heterocycles. The Morgan fingerprint density at radius 2 is 1.30 bits per heavy atom. The highest BCUT2D eigenvalue weighted by Crippen LogP contribution is 2.34. The first-order valence-electron chi connectivity index (χ1n) is 8.03. The van der Waals surface area contributed by atoms with Gasteiger partial charge in [0.2, 0.25) is 0 Å². The van der Waals surface area contributed by atoms with Gasteiger partial charge in [-0.15, -0.1) is 0 Å². The van der Waals surface area contributed by atoms with Gasteiger partial charge < -0.3 is 4.57 Å². The van der Waals surface area contributed by atoms with Crippen LogP contribution in [0.1, 0.15) is 5.69 Å². The van der Waals surface area contributed by atoms with Gasteiger partial charge in [-0.3, -0.25) is 0 Å². The van der Waals surface area contributed by atoms with Gasteiger partial charge in [0.15, 0.2) is 0 Å². The van der Waals surface area contributed by atoms with Crippen LogP contribution in [-0.4, -0.2) is 4.57 Å². The summed E-state index contributed by atoms with van der Waals surface area (Å²) in [6.07, 6.45) is 0. The summed E-state index contributed by atoms with van der Waals surface area (Å²) in [7, 11) is 2.15. The molecule has 0 amide bonds. The summed E-state index contributed by atoms with van der Waals surface area (Å²) < 4.78 is 2.30. The molecule has 0 unspecified atom stereocenters. The van der Waals surface area contributed by atoms with Crippen LogP contribution in [0.15, 0.2) is 66.7 Å². The molecule has 110 valence electrons. The number of hydrogen-bond donors (Lipinski definition) is 0. The topological polar surface area (TPSA) is 4.93 Å². The Kier molecular flexibility index (Phi) is 2.41. The minimum atomic E-state index is 1.30. The van der Waals surface area contributed by atoms with Gasteiger partial charge in [0, 0.05) is 23.5 Å². The smallest absolute Gasteiger partial charge is 0.0559 e. The highest BCUT2D eigenvalue weighted by atomic mass is 14.9. The van der Waals surface area contributed by atoms with Gasteiger partial charge in [-0.25, -0.2) is 0 Å². The first-order chi connectivity index (χ1) is 11.2. The van der Waals surface area contributed by atoms with Crippen molar-refractivity contribution in [1.29, 1.82) is 0 Å².